The summed E-state index contributed by atoms with van der Waals surface area (Å²) in [6.45, 7) is 6.76. The van der Waals surface area contributed by atoms with Crippen molar-refractivity contribution in [1.82, 2.24) is 5.32 Å². The van der Waals surface area contributed by atoms with Crippen molar-refractivity contribution in [3.05, 3.63) is 28.2 Å². The minimum absolute atomic E-state index is 0.362. The number of anilines is 1. The fourth-order valence-corrected chi connectivity index (χ4v) is 4.31. The SMILES string of the molecule is CCC1CNC2(CCCCC2)CN1c1ccc(C)c(Br)c1. The van der Waals surface area contributed by atoms with E-state index in [0.717, 1.165) is 6.54 Å². The van der Waals surface area contributed by atoms with Gasteiger partial charge in [0.05, 0.1) is 0 Å². The molecule has 1 spiro atoms. The van der Waals surface area contributed by atoms with Gasteiger partial charge < -0.3 is 10.2 Å². The highest BCUT2D eigenvalue weighted by atomic mass is 79.9. The van der Waals surface area contributed by atoms with Gasteiger partial charge in [0.25, 0.3) is 0 Å². The maximum Gasteiger partial charge on any atom is 0.0412 e. The summed E-state index contributed by atoms with van der Waals surface area (Å²) in [5.74, 6) is 0. The zero-order valence-corrected chi connectivity index (χ0v) is 14.9. The normalized spacial score (nSPS) is 25.3. The third kappa shape index (κ3) is 3.14. The summed E-state index contributed by atoms with van der Waals surface area (Å²) in [6, 6.07) is 7.46. The Hall–Kier alpha value is -0.540. The molecule has 1 aliphatic heterocycles. The summed E-state index contributed by atoms with van der Waals surface area (Å²) < 4.78 is 1.23. The summed E-state index contributed by atoms with van der Waals surface area (Å²) in [5, 5.41) is 3.91. The average molecular weight is 351 g/mol. The van der Waals surface area contributed by atoms with Crippen molar-refractivity contribution in [3.63, 3.8) is 0 Å². The molecule has 1 saturated carbocycles. The van der Waals surface area contributed by atoms with Gasteiger partial charge in [-0.3, -0.25) is 0 Å². The van der Waals surface area contributed by atoms with Crippen LogP contribution in [0.3, 0.4) is 0 Å². The zero-order chi connectivity index (χ0) is 14.9. The molecule has 1 N–H and O–H groups in total. The van der Waals surface area contributed by atoms with Gasteiger partial charge in [-0.05, 0) is 43.9 Å². The molecule has 3 rings (SSSR count). The van der Waals surface area contributed by atoms with Crippen LogP contribution in [0.25, 0.3) is 0 Å². The fourth-order valence-electron chi connectivity index (χ4n) is 3.95. The Balaban J connectivity index is 1.86. The molecule has 1 atom stereocenters. The highest BCUT2D eigenvalue weighted by molar-refractivity contribution is 9.10. The van der Waals surface area contributed by atoms with Crippen LogP contribution in [0.1, 0.15) is 51.0 Å². The van der Waals surface area contributed by atoms with Crippen LogP contribution in [0, 0.1) is 6.92 Å². The van der Waals surface area contributed by atoms with Crippen molar-refractivity contribution < 1.29 is 0 Å². The molecule has 0 aromatic heterocycles. The Labute approximate surface area is 137 Å². The minimum atomic E-state index is 0.362. The number of hydrogen-bond acceptors (Lipinski definition) is 2. The second kappa shape index (κ2) is 6.29. The van der Waals surface area contributed by atoms with Crippen molar-refractivity contribution in [2.75, 3.05) is 18.0 Å². The zero-order valence-electron chi connectivity index (χ0n) is 13.3. The number of aryl methyl sites for hydroxylation is 1. The first-order chi connectivity index (χ1) is 10.1. The topological polar surface area (TPSA) is 15.3 Å². The second-order valence-corrected chi connectivity index (χ2v) is 7.70. The van der Waals surface area contributed by atoms with Crippen molar-refractivity contribution in [3.8, 4) is 0 Å². The largest absolute Gasteiger partial charge is 0.365 e. The van der Waals surface area contributed by atoms with Crippen LogP contribution in [-0.2, 0) is 0 Å². The molecule has 1 aromatic rings. The van der Waals surface area contributed by atoms with Gasteiger partial charge in [-0.25, -0.2) is 0 Å². The lowest BCUT2D eigenvalue weighted by molar-refractivity contribution is 0.196. The Morgan fingerprint density at radius 3 is 2.71 bits per heavy atom. The van der Waals surface area contributed by atoms with Gasteiger partial charge >= 0.3 is 0 Å². The first-order valence-corrected chi connectivity index (χ1v) is 9.21. The lowest BCUT2D eigenvalue weighted by Gasteiger charge is -2.50. The van der Waals surface area contributed by atoms with Gasteiger partial charge in [-0.2, -0.15) is 0 Å². The Morgan fingerprint density at radius 1 is 1.29 bits per heavy atom. The van der Waals surface area contributed by atoms with Crippen molar-refractivity contribution in [1.29, 1.82) is 0 Å². The molecular weight excluding hydrogens is 324 g/mol. The maximum absolute atomic E-state index is 3.91. The molecular formula is C18H27BrN2. The third-order valence-electron chi connectivity index (χ3n) is 5.40. The molecule has 1 aliphatic carbocycles. The van der Waals surface area contributed by atoms with Crippen LogP contribution in [0.5, 0.6) is 0 Å². The number of nitrogens with zero attached hydrogens (tertiary/aromatic N) is 1. The summed E-state index contributed by atoms with van der Waals surface area (Å²) in [4.78, 5) is 2.66. The maximum atomic E-state index is 3.91. The van der Waals surface area contributed by atoms with Crippen molar-refractivity contribution in [2.45, 2.75) is 64.0 Å². The van der Waals surface area contributed by atoms with E-state index in [2.05, 4.69) is 58.2 Å². The van der Waals surface area contributed by atoms with E-state index in [0.29, 0.717) is 11.6 Å². The van der Waals surface area contributed by atoms with E-state index in [1.54, 1.807) is 0 Å². The van der Waals surface area contributed by atoms with Gasteiger partial charge in [-0.1, -0.05) is 48.2 Å². The van der Waals surface area contributed by atoms with Gasteiger partial charge in [0.2, 0.25) is 0 Å². The molecule has 116 valence electrons. The molecule has 2 aliphatic rings. The fraction of sp³-hybridized carbons (Fsp3) is 0.667. The van der Waals surface area contributed by atoms with Crippen LogP contribution < -0.4 is 10.2 Å². The van der Waals surface area contributed by atoms with Crippen molar-refractivity contribution >= 4 is 21.6 Å². The highest BCUT2D eigenvalue weighted by Gasteiger charge is 2.39. The molecule has 1 unspecified atom stereocenters. The van der Waals surface area contributed by atoms with Crippen molar-refractivity contribution in [2.24, 2.45) is 0 Å². The van der Waals surface area contributed by atoms with Crippen LogP contribution in [0.2, 0.25) is 0 Å². The number of benzene rings is 1. The van der Waals surface area contributed by atoms with Gasteiger partial charge in [0, 0.05) is 34.8 Å². The quantitative estimate of drug-likeness (QED) is 0.834. The van der Waals surface area contributed by atoms with Gasteiger partial charge in [0.1, 0.15) is 0 Å². The van der Waals surface area contributed by atoms with E-state index >= 15 is 0 Å². The number of halogens is 1. The van der Waals surface area contributed by atoms with Gasteiger partial charge in [-0.15, -0.1) is 0 Å². The van der Waals surface area contributed by atoms with E-state index in [9.17, 15) is 0 Å². The lowest BCUT2D eigenvalue weighted by atomic mass is 9.79. The predicted octanol–water partition coefficient (Wildman–Crippen LogP) is 4.65. The minimum Gasteiger partial charge on any atom is -0.365 e. The molecule has 2 fully saturated rings. The molecule has 0 radical (unpaired) electrons. The molecule has 1 aromatic carbocycles. The smallest absolute Gasteiger partial charge is 0.0412 e. The van der Waals surface area contributed by atoms with Crippen LogP contribution in [0.15, 0.2) is 22.7 Å². The van der Waals surface area contributed by atoms with E-state index in [4.69, 9.17) is 0 Å². The predicted molar refractivity (Wildman–Crippen MR) is 94.1 cm³/mol. The number of rotatable bonds is 2. The second-order valence-electron chi connectivity index (χ2n) is 6.85. The number of hydrogen-bond donors (Lipinski definition) is 1. The summed E-state index contributed by atoms with van der Waals surface area (Å²) in [5.41, 5.74) is 3.06. The first kappa shape index (κ1) is 15.4. The average Bonchev–Trinajstić information content (AvgIpc) is 2.51. The summed E-state index contributed by atoms with van der Waals surface area (Å²) in [6.07, 6.45) is 8.07. The van der Waals surface area contributed by atoms with Crippen LogP contribution >= 0.6 is 15.9 Å². The summed E-state index contributed by atoms with van der Waals surface area (Å²) >= 11 is 3.70. The van der Waals surface area contributed by atoms with Crippen LogP contribution in [-0.4, -0.2) is 24.7 Å². The number of piperazine rings is 1. The summed E-state index contributed by atoms with van der Waals surface area (Å²) in [7, 11) is 0. The molecule has 21 heavy (non-hydrogen) atoms. The molecule has 0 bridgehead atoms. The number of nitrogens with one attached hydrogen (secondary N) is 1. The van der Waals surface area contributed by atoms with E-state index in [1.807, 2.05) is 0 Å². The van der Waals surface area contributed by atoms with E-state index in [-0.39, 0.29) is 0 Å². The molecule has 0 amide bonds. The lowest BCUT2D eigenvalue weighted by Crippen LogP contribution is -2.65. The monoisotopic (exact) mass is 350 g/mol. The Bertz CT molecular complexity index is 494. The molecule has 1 saturated heterocycles. The van der Waals surface area contributed by atoms with E-state index in [1.165, 1.54) is 60.8 Å². The molecule has 2 nitrogen and oxygen atoms in total. The van der Waals surface area contributed by atoms with E-state index < -0.39 is 0 Å². The third-order valence-corrected chi connectivity index (χ3v) is 6.25. The Morgan fingerprint density at radius 2 is 2.05 bits per heavy atom. The molecule has 3 heteroatoms. The van der Waals surface area contributed by atoms with Crippen LogP contribution in [0.4, 0.5) is 5.69 Å². The van der Waals surface area contributed by atoms with Gasteiger partial charge in [0.15, 0.2) is 0 Å². The highest BCUT2D eigenvalue weighted by Crippen LogP contribution is 2.35. The first-order valence-electron chi connectivity index (χ1n) is 8.41. The molecule has 1 heterocycles. The standard InChI is InChI=1S/C18H27BrN2/c1-3-15-12-20-18(9-5-4-6-10-18)13-21(15)16-8-7-14(2)17(19)11-16/h7-8,11,15,20H,3-6,9-10,12-13H2,1-2H3. The Kier molecular flexibility index (Phi) is 4.60.